The van der Waals surface area contributed by atoms with Crippen molar-refractivity contribution in [3.63, 3.8) is 0 Å². The van der Waals surface area contributed by atoms with Gasteiger partial charge in [0, 0.05) is 19.7 Å². The second kappa shape index (κ2) is 5.29. The standard InChI is InChI=1S/C13H19NO/c15-11-13-7-4-8-14(10-13)9-12-5-2-1-3-6-12/h1-3,5-6,13,15H,4,7-11H2. The molecule has 0 spiro atoms. The van der Waals surface area contributed by atoms with Gasteiger partial charge in [0.2, 0.25) is 0 Å². The van der Waals surface area contributed by atoms with Crippen molar-refractivity contribution in [2.24, 2.45) is 5.92 Å². The Morgan fingerprint density at radius 2 is 2.07 bits per heavy atom. The van der Waals surface area contributed by atoms with E-state index in [2.05, 4.69) is 35.2 Å². The lowest BCUT2D eigenvalue weighted by molar-refractivity contribution is 0.116. The van der Waals surface area contributed by atoms with Crippen LogP contribution in [0, 0.1) is 5.92 Å². The third-order valence-corrected chi connectivity index (χ3v) is 3.11. The van der Waals surface area contributed by atoms with Gasteiger partial charge in [0.05, 0.1) is 0 Å². The van der Waals surface area contributed by atoms with Crippen LogP contribution in [0.3, 0.4) is 0 Å². The first-order valence-electron chi connectivity index (χ1n) is 5.75. The molecule has 0 saturated carbocycles. The van der Waals surface area contributed by atoms with Crippen LogP contribution >= 0.6 is 0 Å². The van der Waals surface area contributed by atoms with Crippen LogP contribution < -0.4 is 0 Å². The number of likely N-dealkylation sites (tertiary alicyclic amines) is 1. The van der Waals surface area contributed by atoms with Crippen LogP contribution in [0.2, 0.25) is 0 Å². The Balaban J connectivity index is 1.89. The minimum atomic E-state index is 0.339. The molecule has 0 amide bonds. The SMILES string of the molecule is OCC1CCCN(Cc2ccccc2)C1. The van der Waals surface area contributed by atoms with E-state index in [9.17, 15) is 0 Å². The third kappa shape index (κ3) is 3.05. The molecule has 1 aromatic rings. The van der Waals surface area contributed by atoms with Gasteiger partial charge >= 0.3 is 0 Å². The van der Waals surface area contributed by atoms with E-state index in [-0.39, 0.29) is 0 Å². The molecule has 0 bridgehead atoms. The molecule has 1 aromatic carbocycles. The van der Waals surface area contributed by atoms with Crippen molar-refractivity contribution in [3.8, 4) is 0 Å². The molecule has 2 rings (SSSR count). The van der Waals surface area contributed by atoms with Crippen LogP contribution in [0.25, 0.3) is 0 Å². The summed E-state index contributed by atoms with van der Waals surface area (Å²) in [5, 5.41) is 9.15. The summed E-state index contributed by atoms with van der Waals surface area (Å²) in [6, 6.07) is 10.6. The van der Waals surface area contributed by atoms with Crippen molar-refractivity contribution in [1.82, 2.24) is 4.90 Å². The van der Waals surface area contributed by atoms with Crippen LogP contribution in [-0.2, 0) is 6.54 Å². The summed E-state index contributed by atoms with van der Waals surface area (Å²) in [5.41, 5.74) is 1.37. The van der Waals surface area contributed by atoms with Gasteiger partial charge in [0.25, 0.3) is 0 Å². The molecule has 82 valence electrons. The molecular formula is C13H19NO. The molecule has 0 radical (unpaired) electrons. The second-order valence-electron chi connectivity index (χ2n) is 4.41. The Labute approximate surface area is 91.5 Å². The number of hydrogen-bond acceptors (Lipinski definition) is 2. The molecule has 15 heavy (non-hydrogen) atoms. The normalized spacial score (nSPS) is 22.9. The Hall–Kier alpha value is -0.860. The van der Waals surface area contributed by atoms with Crippen LogP contribution in [0.15, 0.2) is 30.3 Å². The first-order chi connectivity index (χ1) is 7.38. The van der Waals surface area contributed by atoms with Gasteiger partial charge in [-0.05, 0) is 30.9 Å². The molecule has 1 unspecified atom stereocenters. The highest BCUT2D eigenvalue weighted by Crippen LogP contribution is 2.17. The van der Waals surface area contributed by atoms with Crippen molar-refractivity contribution in [2.75, 3.05) is 19.7 Å². The fraction of sp³-hybridized carbons (Fsp3) is 0.538. The highest BCUT2D eigenvalue weighted by molar-refractivity contribution is 5.14. The highest BCUT2D eigenvalue weighted by atomic mass is 16.3. The number of rotatable bonds is 3. The van der Waals surface area contributed by atoms with E-state index in [4.69, 9.17) is 5.11 Å². The predicted molar refractivity (Wildman–Crippen MR) is 61.5 cm³/mol. The largest absolute Gasteiger partial charge is 0.396 e. The van der Waals surface area contributed by atoms with Crippen LogP contribution in [0.4, 0.5) is 0 Å². The number of piperidine rings is 1. The molecule has 1 atom stereocenters. The van der Waals surface area contributed by atoms with E-state index in [1.807, 2.05) is 0 Å². The average Bonchev–Trinajstić information content (AvgIpc) is 2.31. The molecule has 1 saturated heterocycles. The van der Waals surface area contributed by atoms with Gasteiger partial charge in [0.15, 0.2) is 0 Å². The minimum Gasteiger partial charge on any atom is -0.396 e. The molecule has 1 aliphatic rings. The lowest BCUT2D eigenvalue weighted by atomic mass is 9.98. The summed E-state index contributed by atoms with van der Waals surface area (Å²) in [7, 11) is 0. The van der Waals surface area contributed by atoms with E-state index in [0.717, 1.165) is 13.1 Å². The van der Waals surface area contributed by atoms with Crippen molar-refractivity contribution in [1.29, 1.82) is 0 Å². The molecule has 0 aromatic heterocycles. The van der Waals surface area contributed by atoms with Gasteiger partial charge in [-0.1, -0.05) is 30.3 Å². The number of hydrogen-bond donors (Lipinski definition) is 1. The van der Waals surface area contributed by atoms with Crippen molar-refractivity contribution < 1.29 is 5.11 Å². The minimum absolute atomic E-state index is 0.339. The fourth-order valence-corrected chi connectivity index (χ4v) is 2.29. The molecule has 1 N–H and O–H groups in total. The monoisotopic (exact) mass is 205 g/mol. The van der Waals surface area contributed by atoms with Crippen LogP contribution in [0.1, 0.15) is 18.4 Å². The molecule has 2 nitrogen and oxygen atoms in total. The number of benzene rings is 1. The zero-order chi connectivity index (χ0) is 10.5. The van der Waals surface area contributed by atoms with E-state index < -0.39 is 0 Å². The molecule has 0 aliphatic carbocycles. The average molecular weight is 205 g/mol. The summed E-state index contributed by atoms with van der Waals surface area (Å²) in [5.74, 6) is 0.488. The zero-order valence-corrected chi connectivity index (χ0v) is 9.10. The molecule has 1 fully saturated rings. The van der Waals surface area contributed by atoms with Gasteiger partial charge in [-0.25, -0.2) is 0 Å². The Kier molecular flexibility index (Phi) is 3.75. The quantitative estimate of drug-likeness (QED) is 0.814. The Morgan fingerprint density at radius 3 is 2.80 bits per heavy atom. The first kappa shape index (κ1) is 10.7. The molecular weight excluding hydrogens is 186 g/mol. The Morgan fingerprint density at radius 1 is 1.27 bits per heavy atom. The van der Waals surface area contributed by atoms with Gasteiger partial charge in [-0.15, -0.1) is 0 Å². The third-order valence-electron chi connectivity index (χ3n) is 3.11. The van der Waals surface area contributed by atoms with E-state index in [1.165, 1.54) is 24.9 Å². The van der Waals surface area contributed by atoms with E-state index in [1.54, 1.807) is 0 Å². The van der Waals surface area contributed by atoms with Crippen LogP contribution in [-0.4, -0.2) is 29.7 Å². The number of nitrogens with zero attached hydrogens (tertiary/aromatic N) is 1. The summed E-state index contributed by atoms with van der Waals surface area (Å²) in [4.78, 5) is 2.44. The molecule has 2 heteroatoms. The van der Waals surface area contributed by atoms with Crippen molar-refractivity contribution >= 4 is 0 Å². The van der Waals surface area contributed by atoms with Gasteiger partial charge < -0.3 is 5.11 Å². The fourth-order valence-electron chi connectivity index (χ4n) is 2.29. The number of aliphatic hydroxyl groups excluding tert-OH is 1. The molecule has 1 aliphatic heterocycles. The second-order valence-corrected chi connectivity index (χ2v) is 4.41. The summed E-state index contributed by atoms with van der Waals surface area (Å²) >= 11 is 0. The predicted octanol–water partition coefficient (Wildman–Crippen LogP) is 1.89. The van der Waals surface area contributed by atoms with E-state index in [0.29, 0.717) is 12.5 Å². The number of aliphatic hydroxyl groups is 1. The van der Waals surface area contributed by atoms with Gasteiger partial charge in [-0.3, -0.25) is 4.90 Å². The summed E-state index contributed by atoms with van der Waals surface area (Å²) in [6.45, 7) is 3.58. The van der Waals surface area contributed by atoms with Crippen molar-refractivity contribution in [3.05, 3.63) is 35.9 Å². The van der Waals surface area contributed by atoms with Gasteiger partial charge in [-0.2, -0.15) is 0 Å². The summed E-state index contributed by atoms with van der Waals surface area (Å²) in [6.07, 6.45) is 2.40. The smallest absolute Gasteiger partial charge is 0.0471 e. The van der Waals surface area contributed by atoms with Gasteiger partial charge in [0.1, 0.15) is 0 Å². The Bertz CT molecular complexity index is 286. The molecule has 1 heterocycles. The maximum absolute atomic E-state index is 9.15. The highest BCUT2D eigenvalue weighted by Gasteiger charge is 2.18. The van der Waals surface area contributed by atoms with Crippen molar-refractivity contribution in [2.45, 2.75) is 19.4 Å². The first-order valence-corrected chi connectivity index (χ1v) is 5.75. The zero-order valence-electron chi connectivity index (χ0n) is 9.10. The maximum atomic E-state index is 9.15. The lowest BCUT2D eigenvalue weighted by Gasteiger charge is -2.31. The summed E-state index contributed by atoms with van der Waals surface area (Å²) < 4.78 is 0. The maximum Gasteiger partial charge on any atom is 0.0471 e. The van der Waals surface area contributed by atoms with E-state index >= 15 is 0 Å². The topological polar surface area (TPSA) is 23.5 Å². The van der Waals surface area contributed by atoms with Crippen LogP contribution in [0.5, 0.6) is 0 Å². The lowest BCUT2D eigenvalue weighted by Crippen LogP contribution is -2.36.